The topological polar surface area (TPSA) is 58.2 Å². The maximum atomic E-state index is 13.6. The van der Waals surface area contributed by atoms with Crippen molar-refractivity contribution in [1.29, 1.82) is 0 Å². The molecule has 0 unspecified atom stereocenters. The highest BCUT2D eigenvalue weighted by molar-refractivity contribution is 5.85. The third kappa shape index (κ3) is 6.20. The zero-order valence-electron chi connectivity index (χ0n) is 20.2. The molecule has 268 valence electrons. The molecule has 0 aliphatic heterocycles. The van der Waals surface area contributed by atoms with E-state index in [1.165, 1.54) is 0 Å². The summed E-state index contributed by atoms with van der Waals surface area (Å²) in [5.74, 6) is -85.1. The van der Waals surface area contributed by atoms with E-state index in [-0.39, 0.29) is 0 Å². The van der Waals surface area contributed by atoms with E-state index in [4.69, 9.17) is 0 Å². The van der Waals surface area contributed by atoms with E-state index in [1.807, 2.05) is 0 Å². The van der Waals surface area contributed by atoms with Crippen LogP contribution in [0.2, 0.25) is 0 Å². The van der Waals surface area contributed by atoms with Gasteiger partial charge >= 0.3 is 72.1 Å². The Balaban J connectivity index is 5.68. The first kappa shape index (κ1) is 42.3. The molecule has 0 spiro atoms. The van der Waals surface area contributed by atoms with Crippen molar-refractivity contribution in [3.05, 3.63) is 0 Å². The fraction of sp³-hybridized carbons (Fsp3) is 0.882. The fourth-order valence-electron chi connectivity index (χ4n) is 2.48. The minimum absolute atomic E-state index is 0.385. The second kappa shape index (κ2) is 12.1. The third-order valence-electron chi connectivity index (χ3n) is 5.25. The van der Waals surface area contributed by atoms with E-state index in [2.05, 4.69) is 0 Å². The van der Waals surface area contributed by atoms with Crippen LogP contribution in [0, 0.1) is 0 Å². The quantitative estimate of drug-likeness (QED) is 0.141. The van der Waals surface area contributed by atoms with E-state index < -0.39 is 103 Å². The highest BCUT2D eigenvalue weighted by Gasteiger charge is 2.90. The van der Waals surface area contributed by atoms with E-state index in [1.54, 1.807) is 0 Å². The number of hydrogen-bond donors (Lipinski definition) is 2. The molecule has 0 heterocycles. The lowest BCUT2D eigenvalue weighted by Gasteiger charge is -2.38. The molecule has 45 heavy (non-hydrogen) atoms. The lowest BCUT2D eigenvalue weighted by Crippen LogP contribution is -2.71. The van der Waals surface area contributed by atoms with Crippen molar-refractivity contribution < 1.29 is 115 Å². The van der Waals surface area contributed by atoms with Gasteiger partial charge in [0.05, 0.1) is 0 Å². The van der Waals surface area contributed by atoms with E-state index in [0.29, 0.717) is 10.6 Å². The van der Waals surface area contributed by atoms with Gasteiger partial charge in [-0.2, -0.15) is 87.8 Å². The average Bonchev–Trinajstić information content (AvgIpc) is 2.86. The van der Waals surface area contributed by atoms with Crippen molar-refractivity contribution in [2.24, 2.45) is 0 Å². The minimum atomic E-state index is -8.15. The number of carbonyl (C=O) groups excluding carboxylic acids is 2. The van der Waals surface area contributed by atoms with Crippen LogP contribution in [0.1, 0.15) is 6.42 Å². The number of hydrogen-bond acceptors (Lipinski definition) is 2. The molecule has 0 aromatic carbocycles. The zero-order valence-corrected chi connectivity index (χ0v) is 20.2. The van der Waals surface area contributed by atoms with E-state index in [9.17, 15) is 115 Å². The Bertz CT molecular complexity index is 988. The van der Waals surface area contributed by atoms with Crippen LogP contribution in [0.15, 0.2) is 0 Å². The van der Waals surface area contributed by atoms with E-state index >= 15 is 0 Å². The molecule has 4 nitrogen and oxygen atoms in total. The molecule has 0 aliphatic carbocycles. The summed E-state index contributed by atoms with van der Waals surface area (Å²) in [5, 5.41) is 0.770. The van der Waals surface area contributed by atoms with Crippen molar-refractivity contribution >= 4 is 11.8 Å². The Morgan fingerprint density at radius 2 is 0.622 bits per heavy atom. The monoisotopic (exact) mass is 730 g/mol. The third-order valence-corrected chi connectivity index (χ3v) is 5.25. The summed E-state index contributed by atoms with van der Waals surface area (Å²) in [6.45, 7) is -3.73. The van der Waals surface area contributed by atoms with Crippen LogP contribution in [-0.2, 0) is 9.59 Å². The van der Waals surface area contributed by atoms with Gasteiger partial charge in [-0.3, -0.25) is 9.59 Å². The van der Waals surface area contributed by atoms with Gasteiger partial charge in [0.2, 0.25) is 0 Å². The lowest BCUT2D eigenvalue weighted by atomic mass is 9.94. The van der Waals surface area contributed by atoms with Crippen molar-refractivity contribution in [1.82, 2.24) is 10.6 Å². The molecule has 2 amide bonds. The van der Waals surface area contributed by atoms with Crippen LogP contribution in [0.3, 0.4) is 0 Å². The Hall–Kier alpha value is -2.74. The highest BCUT2D eigenvalue weighted by Crippen LogP contribution is 2.59. The second-order valence-electron chi connectivity index (χ2n) is 8.31. The van der Waals surface area contributed by atoms with Crippen LogP contribution in [0.25, 0.3) is 0 Å². The lowest BCUT2D eigenvalue weighted by molar-refractivity contribution is -0.407. The van der Waals surface area contributed by atoms with Crippen molar-refractivity contribution in [3.8, 4) is 0 Å². The predicted octanol–water partition coefficient (Wildman–Crippen LogP) is 6.49. The fourth-order valence-corrected chi connectivity index (χ4v) is 2.48. The molecule has 2 N–H and O–H groups in total. The molecule has 0 aliphatic rings. The van der Waals surface area contributed by atoms with Gasteiger partial charge in [-0.05, 0) is 6.42 Å². The van der Waals surface area contributed by atoms with Gasteiger partial charge in [-0.15, -0.1) is 0 Å². The standard InChI is InChI=1S/C17H10F24N2O2/c18-4(19)8(22,23)12(30,31)16(38,39)14(34,35)10(26,27)6(44)42-2-1-3-43-7(45)11(28,29)15(36,37)17(40,41)13(32,33)9(24,25)5(20)21/h4-5H,1-3H2,(H,42,44)(H,43,45). The predicted molar refractivity (Wildman–Crippen MR) is 92.1 cm³/mol. The van der Waals surface area contributed by atoms with Crippen molar-refractivity contribution in [2.75, 3.05) is 13.1 Å². The van der Waals surface area contributed by atoms with Crippen LogP contribution in [-0.4, -0.2) is 97.0 Å². The van der Waals surface area contributed by atoms with Gasteiger partial charge in [0.1, 0.15) is 0 Å². The Morgan fingerprint density at radius 3 is 0.822 bits per heavy atom. The number of carbonyl (C=O) groups is 2. The summed E-state index contributed by atoms with van der Waals surface area (Å²) in [5.41, 5.74) is 0. The largest absolute Gasteiger partial charge is 0.392 e. The summed E-state index contributed by atoms with van der Waals surface area (Å²) in [7, 11) is 0. The first-order chi connectivity index (χ1) is 19.4. The second-order valence-corrected chi connectivity index (χ2v) is 8.31. The molecular weight excluding hydrogens is 720 g/mol. The molecule has 28 heteroatoms. The Labute approximate surface area is 230 Å². The molecular formula is C17H10F24N2O2. The summed E-state index contributed by atoms with van der Waals surface area (Å²) >= 11 is 0. The number of halogens is 24. The van der Waals surface area contributed by atoms with Crippen molar-refractivity contribution in [2.45, 2.75) is 78.5 Å². The van der Waals surface area contributed by atoms with Gasteiger partial charge in [-0.25, -0.2) is 17.6 Å². The van der Waals surface area contributed by atoms with Gasteiger partial charge in [-0.1, -0.05) is 0 Å². The number of amides is 2. The number of nitrogens with one attached hydrogen (secondary N) is 2. The van der Waals surface area contributed by atoms with Gasteiger partial charge in [0.25, 0.3) is 11.8 Å². The molecule has 0 atom stereocenters. The molecule has 0 radical (unpaired) electrons. The zero-order chi connectivity index (χ0) is 36.8. The molecule has 0 rings (SSSR count). The summed E-state index contributed by atoms with van der Waals surface area (Å²) < 4.78 is 313. The van der Waals surface area contributed by atoms with Crippen LogP contribution in [0.5, 0.6) is 0 Å². The van der Waals surface area contributed by atoms with Gasteiger partial charge in [0, 0.05) is 13.1 Å². The van der Waals surface area contributed by atoms with Crippen LogP contribution >= 0.6 is 0 Å². The molecule has 0 aromatic heterocycles. The SMILES string of the molecule is O=C(NCCCNC(=O)C(F)(F)C(F)(F)C(F)(F)C(F)(F)C(F)(F)C(F)F)C(F)(F)C(F)(F)C(F)(F)C(F)(F)C(F)(F)C(F)F. The molecule has 0 bridgehead atoms. The minimum Gasteiger partial charge on any atom is -0.351 e. The summed E-state index contributed by atoms with van der Waals surface area (Å²) in [4.78, 5) is 22.3. The smallest absolute Gasteiger partial charge is 0.351 e. The van der Waals surface area contributed by atoms with Gasteiger partial charge in [0.15, 0.2) is 0 Å². The molecule has 0 saturated heterocycles. The Morgan fingerprint density at radius 1 is 0.400 bits per heavy atom. The molecule has 0 fully saturated rings. The molecule has 0 aromatic rings. The molecule has 0 saturated carbocycles. The van der Waals surface area contributed by atoms with Crippen LogP contribution in [0.4, 0.5) is 105 Å². The number of alkyl halides is 24. The Kier molecular flexibility index (Phi) is 11.4. The van der Waals surface area contributed by atoms with Gasteiger partial charge < -0.3 is 10.6 Å². The van der Waals surface area contributed by atoms with E-state index in [0.717, 1.165) is 0 Å². The maximum absolute atomic E-state index is 13.6. The number of rotatable bonds is 16. The first-order valence-corrected chi connectivity index (χ1v) is 10.3. The maximum Gasteiger partial charge on any atom is 0.392 e. The summed E-state index contributed by atoms with van der Waals surface area (Å²) in [6.07, 6.45) is -13.3. The highest BCUT2D eigenvalue weighted by atomic mass is 19.4. The van der Waals surface area contributed by atoms with Crippen LogP contribution < -0.4 is 10.6 Å². The first-order valence-electron chi connectivity index (χ1n) is 10.3. The average molecular weight is 730 g/mol. The van der Waals surface area contributed by atoms with Crippen molar-refractivity contribution in [3.63, 3.8) is 0 Å². The normalized spacial score (nSPS) is 15.5. The summed E-state index contributed by atoms with van der Waals surface area (Å²) in [6, 6.07) is 0.